The van der Waals surface area contributed by atoms with Crippen molar-refractivity contribution >= 4 is 11.8 Å². The lowest BCUT2D eigenvalue weighted by atomic mass is 9.97. The maximum Gasteiger partial charge on any atom is 0.0166 e. The summed E-state index contributed by atoms with van der Waals surface area (Å²) in [6.07, 6.45) is 10.7. The highest BCUT2D eigenvalue weighted by atomic mass is 32.2. The summed E-state index contributed by atoms with van der Waals surface area (Å²) in [6.45, 7) is 1.21. The largest absolute Gasteiger partial charge is 0.313 e. The second-order valence-electron chi connectivity index (χ2n) is 4.37. The molecule has 0 aromatic heterocycles. The molecule has 0 aromatic carbocycles. The maximum atomic E-state index is 3.67. The first kappa shape index (κ1) is 10.6. The second-order valence-corrected chi connectivity index (χ2v) is 5.52. The Labute approximate surface area is 91.7 Å². The van der Waals surface area contributed by atoms with Gasteiger partial charge in [-0.05, 0) is 50.8 Å². The molecular formula is C12H21NS. The average Bonchev–Trinajstić information content (AvgIpc) is 2.72. The topological polar surface area (TPSA) is 12.0 Å². The first-order valence-electron chi connectivity index (χ1n) is 5.94. The number of hydrogen-bond acceptors (Lipinski definition) is 2. The fraction of sp³-hybridized carbons (Fsp3) is 0.833. The van der Waals surface area contributed by atoms with Crippen LogP contribution in [0.5, 0.6) is 0 Å². The van der Waals surface area contributed by atoms with Crippen LogP contribution in [0.25, 0.3) is 0 Å². The summed E-state index contributed by atoms with van der Waals surface area (Å²) in [5.74, 6) is 2.69. The molecule has 1 atom stereocenters. The number of hydrogen-bond donors (Lipinski definition) is 1. The van der Waals surface area contributed by atoms with E-state index in [0.29, 0.717) is 0 Å². The molecule has 1 heterocycles. The van der Waals surface area contributed by atoms with Crippen molar-refractivity contribution in [1.29, 1.82) is 0 Å². The predicted molar refractivity (Wildman–Crippen MR) is 64.9 cm³/mol. The van der Waals surface area contributed by atoms with Crippen molar-refractivity contribution in [2.45, 2.75) is 44.6 Å². The number of rotatable bonds is 4. The molecule has 2 heteroatoms. The number of thioether (sulfide) groups is 1. The molecule has 1 aliphatic carbocycles. The zero-order valence-electron chi connectivity index (χ0n) is 8.93. The maximum absolute atomic E-state index is 3.67. The van der Waals surface area contributed by atoms with E-state index in [0.717, 1.165) is 6.04 Å². The molecule has 0 radical (unpaired) electrons. The van der Waals surface area contributed by atoms with Gasteiger partial charge < -0.3 is 5.32 Å². The third kappa shape index (κ3) is 3.32. The second kappa shape index (κ2) is 5.82. The van der Waals surface area contributed by atoms with Gasteiger partial charge in [0.15, 0.2) is 0 Å². The average molecular weight is 211 g/mol. The van der Waals surface area contributed by atoms with E-state index in [1.165, 1.54) is 56.6 Å². The summed E-state index contributed by atoms with van der Waals surface area (Å²) in [4.78, 5) is 0. The van der Waals surface area contributed by atoms with Gasteiger partial charge >= 0.3 is 0 Å². The predicted octanol–water partition coefficient (Wildman–Crippen LogP) is 2.97. The van der Waals surface area contributed by atoms with E-state index in [1.54, 1.807) is 5.57 Å². The van der Waals surface area contributed by atoms with Crippen molar-refractivity contribution in [2.75, 3.05) is 18.1 Å². The summed E-state index contributed by atoms with van der Waals surface area (Å²) >= 11 is 2.09. The lowest BCUT2D eigenvalue weighted by Gasteiger charge is -2.15. The van der Waals surface area contributed by atoms with Gasteiger partial charge in [0.2, 0.25) is 0 Å². The van der Waals surface area contributed by atoms with E-state index in [9.17, 15) is 0 Å². The summed E-state index contributed by atoms with van der Waals surface area (Å²) in [7, 11) is 0. The molecule has 1 N–H and O–H groups in total. The Morgan fingerprint density at radius 3 is 3.14 bits per heavy atom. The Hall–Kier alpha value is 0.0500. The van der Waals surface area contributed by atoms with Gasteiger partial charge in [-0.3, -0.25) is 0 Å². The highest BCUT2D eigenvalue weighted by Crippen LogP contribution is 2.20. The van der Waals surface area contributed by atoms with E-state index >= 15 is 0 Å². The number of nitrogens with one attached hydrogen (secondary N) is 1. The smallest absolute Gasteiger partial charge is 0.0166 e. The molecule has 0 bridgehead atoms. The first-order chi connectivity index (χ1) is 6.95. The quantitative estimate of drug-likeness (QED) is 0.718. The molecule has 0 saturated carbocycles. The fourth-order valence-electron chi connectivity index (χ4n) is 2.26. The van der Waals surface area contributed by atoms with Crippen molar-refractivity contribution in [3.63, 3.8) is 0 Å². The monoisotopic (exact) mass is 211 g/mol. The van der Waals surface area contributed by atoms with Gasteiger partial charge in [0.1, 0.15) is 0 Å². The van der Waals surface area contributed by atoms with Gasteiger partial charge in [-0.25, -0.2) is 0 Å². The van der Waals surface area contributed by atoms with Crippen LogP contribution in [0, 0.1) is 0 Å². The van der Waals surface area contributed by atoms with Crippen LogP contribution in [-0.4, -0.2) is 24.1 Å². The van der Waals surface area contributed by atoms with Gasteiger partial charge in [0.05, 0.1) is 0 Å². The molecule has 1 nitrogen and oxygen atoms in total. The van der Waals surface area contributed by atoms with E-state index in [2.05, 4.69) is 23.2 Å². The molecule has 80 valence electrons. The van der Waals surface area contributed by atoms with Gasteiger partial charge in [0.25, 0.3) is 0 Å². The zero-order chi connectivity index (χ0) is 9.64. The minimum absolute atomic E-state index is 0.809. The highest BCUT2D eigenvalue weighted by molar-refractivity contribution is 7.99. The molecule has 1 saturated heterocycles. The fourth-order valence-corrected chi connectivity index (χ4v) is 3.45. The van der Waals surface area contributed by atoms with Gasteiger partial charge in [-0.2, -0.15) is 11.8 Å². The third-order valence-electron chi connectivity index (χ3n) is 3.19. The van der Waals surface area contributed by atoms with Crippen LogP contribution in [0.1, 0.15) is 38.5 Å². The van der Waals surface area contributed by atoms with Crippen molar-refractivity contribution in [2.24, 2.45) is 0 Å². The van der Waals surface area contributed by atoms with E-state index < -0.39 is 0 Å². The van der Waals surface area contributed by atoms with Crippen LogP contribution in [0.4, 0.5) is 0 Å². The standard InChI is InChI=1S/C12H21NS/c1-2-4-11(5-3-1)6-8-13-12-7-9-14-10-12/h4,12-13H,1-3,5-10H2. The molecule has 14 heavy (non-hydrogen) atoms. The van der Waals surface area contributed by atoms with E-state index in [-0.39, 0.29) is 0 Å². The Kier molecular flexibility index (Phi) is 4.39. The van der Waals surface area contributed by atoms with Crippen molar-refractivity contribution in [3.05, 3.63) is 11.6 Å². The van der Waals surface area contributed by atoms with Gasteiger partial charge in [0, 0.05) is 11.8 Å². The number of allylic oxidation sites excluding steroid dienone is 1. The molecule has 0 spiro atoms. The van der Waals surface area contributed by atoms with Crippen LogP contribution < -0.4 is 5.32 Å². The minimum Gasteiger partial charge on any atom is -0.313 e. The third-order valence-corrected chi connectivity index (χ3v) is 4.36. The zero-order valence-corrected chi connectivity index (χ0v) is 9.74. The molecule has 2 aliphatic rings. The van der Waals surface area contributed by atoms with Crippen LogP contribution in [0.3, 0.4) is 0 Å². The highest BCUT2D eigenvalue weighted by Gasteiger charge is 2.14. The minimum atomic E-state index is 0.809. The SMILES string of the molecule is C1=C(CCNC2CCSC2)CCCC1. The van der Waals surface area contributed by atoms with Gasteiger partial charge in [-0.1, -0.05) is 11.6 Å². The lowest BCUT2D eigenvalue weighted by Crippen LogP contribution is -2.29. The summed E-state index contributed by atoms with van der Waals surface area (Å²) < 4.78 is 0. The Bertz CT molecular complexity index is 194. The Morgan fingerprint density at radius 1 is 1.43 bits per heavy atom. The molecule has 0 aromatic rings. The van der Waals surface area contributed by atoms with E-state index in [4.69, 9.17) is 0 Å². The summed E-state index contributed by atoms with van der Waals surface area (Å²) in [5.41, 5.74) is 1.70. The molecular weight excluding hydrogens is 190 g/mol. The van der Waals surface area contributed by atoms with Gasteiger partial charge in [-0.15, -0.1) is 0 Å². The van der Waals surface area contributed by atoms with Crippen LogP contribution in [-0.2, 0) is 0 Å². The normalized spacial score (nSPS) is 27.7. The molecule has 1 fully saturated rings. The molecule has 1 aliphatic heterocycles. The van der Waals surface area contributed by atoms with Crippen molar-refractivity contribution < 1.29 is 0 Å². The van der Waals surface area contributed by atoms with Crippen molar-refractivity contribution in [1.82, 2.24) is 5.32 Å². The summed E-state index contributed by atoms with van der Waals surface area (Å²) in [6, 6.07) is 0.809. The van der Waals surface area contributed by atoms with Crippen LogP contribution >= 0.6 is 11.8 Å². The first-order valence-corrected chi connectivity index (χ1v) is 7.09. The molecule has 2 rings (SSSR count). The molecule has 0 amide bonds. The Morgan fingerprint density at radius 2 is 2.43 bits per heavy atom. The Balaban J connectivity index is 1.59. The van der Waals surface area contributed by atoms with E-state index in [1.807, 2.05) is 0 Å². The van der Waals surface area contributed by atoms with Crippen LogP contribution in [0.15, 0.2) is 11.6 Å². The van der Waals surface area contributed by atoms with Crippen LogP contribution in [0.2, 0.25) is 0 Å². The lowest BCUT2D eigenvalue weighted by molar-refractivity contribution is 0.549. The van der Waals surface area contributed by atoms with Crippen molar-refractivity contribution in [3.8, 4) is 0 Å². The summed E-state index contributed by atoms with van der Waals surface area (Å²) in [5, 5.41) is 3.67. The molecule has 1 unspecified atom stereocenters.